The van der Waals surface area contributed by atoms with Gasteiger partial charge in [-0.15, -0.1) is 0 Å². The van der Waals surface area contributed by atoms with Gasteiger partial charge in [0.05, 0.1) is 18.7 Å². The standard InChI is InChI=1S/C23H21ClN2O4/c1-30-20-8-7-15(24)11-17(20)26-23(29)16-12-21(28)25-18-9-14(10-19(27)22(16)18)13-5-3-2-4-6-13/h2-8,11,14,16H,9-10,12H2,1H3,(H,25,28)(H,26,29)/t14-,16+/m0/s1. The van der Waals surface area contributed by atoms with Crippen LogP contribution < -0.4 is 15.4 Å². The van der Waals surface area contributed by atoms with Crippen molar-refractivity contribution in [1.29, 1.82) is 0 Å². The number of allylic oxidation sites excluding steroid dienone is 1. The number of carbonyl (C=O) groups excluding carboxylic acids is 3. The predicted molar refractivity (Wildman–Crippen MR) is 113 cm³/mol. The Hall–Kier alpha value is -3.12. The number of halogens is 1. The summed E-state index contributed by atoms with van der Waals surface area (Å²) in [5.74, 6) is -1.23. The topological polar surface area (TPSA) is 84.5 Å². The van der Waals surface area contributed by atoms with Gasteiger partial charge in [-0.2, -0.15) is 0 Å². The molecular formula is C23H21ClN2O4. The summed E-state index contributed by atoms with van der Waals surface area (Å²) < 4.78 is 5.27. The van der Waals surface area contributed by atoms with Gasteiger partial charge in [0.25, 0.3) is 0 Å². The van der Waals surface area contributed by atoms with E-state index in [1.807, 2.05) is 30.3 Å². The van der Waals surface area contributed by atoms with E-state index in [9.17, 15) is 14.4 Å². The summed E-state index contributed by atoms with van der Waals surface area (Å²) in [5, 5.41) is 6.03. The molecule has 0 unspecified atom stereocenters. The van der Waals surface area contributed by atoms with Gasteiger partial charge in [0, 0.05) is 29.1 Å². The lowest BCUT2D eigenvalue weighted by Gasteiger charge is -2.33. The molecule has 2 atom stereocenters. The molecule has 1 heterocycles. The fourth-order valence-electron chi connectivity index (χ4n) is 4.14. The third-order valence-electron chi connectivity index (χ3n) is 5.54. The number of ketones is 1. The first kappa shape index (κ1) is 20.2. The fourth-order valence-corrected chi connectivity index (χ4v) is 4.31. The number of amides is 2. The monoisotopic (exact) mass is 424 g/mol. The number of Topliss-reactive ketones (excluding diaryl/α,β-unsaturated/α-hetero) is 1. The molecule has 2 amide bonds. The summed E-state index contributed by atoms with van der Waals surface area (Å²) >= 11 is 6.04. The molecule has 0 aromatic heterocycles. The molecule has 6 nitrogen and oxygen atoms in total. The van der Waals surface area contributed by atoms with Crippen LogP contribution in [0.2, 0.25) is 5.02 Å². The summed E-state index contributed by atoms with van der Waals surface area (Å²) in [6, 6.07) is 14.6. The van der Waals surface area contributed by atoms with Crippen LogP contribution >= 0.6 is 11.6 Å². The molecule has 2 aromatic rings. The lowest BCUT2D eigenvalue weighted by molar-refractivity contribution is -0.129. The Bertz CT molecular complexity index is 1050. The van der Waals surface area contributed by atoms with E-state index in [0.717, 1.165) is 5.56 Å². The fraction of sp³-hybridized carbons (Fsp3) is 0.261. The van der Waals surface area contributed by atoms with Crippen molar-refractivity contribution in [2.75, 3.05) is 12.4 Å². The summed E-state index contributed by atoms with van der Waals surface area (Å²) in [6.07, 6.45) is 0.749. The maximum absolute atomic E-state index is 13.1. The summed E-state index contributed by atoms with van der Waals surface area (Å²) in [5.41, 5.74) is 2.39. The van der Waals surface area contributed by atoms with E-state index in [2.05, 4.69) is 10.6 Å². The van der Waals surface area contributed by atoms with Gasteiger partial charge in [0.2, 0.25) is 11.8 Å². The van der Waals surface area contributed by atoms with Gasteiger partial charge in [-0.3, -0.25) is 14.4 Å². The average molecular weight is 425 g/mol. The zero-order valence-corrected chi connectivity index (χ0v) is 17.2. The normalized spacial score (nSPS) is 21.0. The second kappa shape index (κ2) is 8.32. The van der Waals surface area contributed by atoms with Crippen LogP contribution in [0, 0.1) is 5.92 Å². The van der Waals surface area contributed by atoms with E-state index in [1.165, 1.54) is 7.11 Å². The molecule has 4 rings (SSSR count). The largest absolute Gasteiger partial charge is 0.495 e. The van der Waals surface area contributed by atoms with E-state index >= 15 is 0 Å². The highest BCUT2D eigenvalue weighted by atomic mass is 35.5. The number of hydrogen-bond donors (Lipinski definition) is 2. The van der Waals surface area contributed by atoms with E-state index in [4.69, 9.17) is 16.3 Å². The Balaban J connectivity index is 1.63. The molecule has 2 aromatic carbocycles. The van der Waals surface area contributed by atoms with Gasteiger partial charge >= 0.3 is 0 Å². The number of hydrogen-bond acceptors (Lipinski definition) is 4. The zero-order chi connectivity index (χ0) is 21.3. The molecule has 1 aliphatic heterocycles. The minimum absolute atomic E-state index is 0.0208. The minimum Gasteiger partial charge on any atom is -0.495 e. The molecule has 0 saturated carbocycles. The molecule has 30 heavy (non-hydrogen) atoms. The number of carbonyl (C=O) groups is 3. The van der Waals surface area contributed by atoms with E-state index in [1.54, 1.807) is 18.2 Å². The average Bonchev–Trinajstić information content (AvgIpc) is 2.73. The van der Waals surface area contributed by atoms with Crippen molar-refractivity contribution in [3.05, 3.63) is 70.4 Å². The quantitative estimate of drug-likeness (QED) is 0.781. The van der Waals surface area contributed by atoms with Crippen LogP contribution in [0.5, 0.6) is 5.75 Å². The first-order valence-corrected chi connectivity index (χ1v) is 10.1. The highest BCUT2D eigenvalue weighted by molar-refractivity contribution is 6.31. The number of rotatable bonds is 4. The van der Waals surface area contributed by atoms with Crippen LogP contribution in [0.1, 0.15) is 30.7 Å². The molecule has 0 radical (unpaired) electrons. The molecule has 0 saturated heterocycles. The van der Waals surface area contributed by atoms with Crippen molar-refractivity contribution in [3.63, 3.8) is 0 Å². The Labute approximate surface area is 179 Å². The summed E-state index contributed by atoms with van der Waals surface area (Å²) in [6.45, 7) is 0. The smallest absolute Gasteiger partial charge is 0.232 e. The van der Waals surface area contributed by atoms with Gasteiger partial charge in [-0.05, 0) is 36.1 Å². The summed E-state index contributed by atoms with van der Waals surface area (Å²) in [7, 11) is 1.49. The molecular weight excluding hydrogens is 404 g/mol. The highest BCUT2D eigenvalue weighted by Crippen LogP contribution is 2.39. The van der Waals surface area contributed by atoms with Gasteiger partial charge in [0.1, 0.15) is 5.75 Å². The first-order valence-electron chi connectivity index (χ1n) is 9.71. The lowest BCUT2D eigenvalue weighted by Crippen LogP contribution is -2.43. The lowest BCUT2D eigenvalue weighted by atomic mass is 9.75. The van der Waals surface area contributed by atoms with Crippen molar-refractivity contribution >= 4 is 34.9 Å². The Kier molecular flexibility index (Phi) is 5.59. The maximum Gasteiger partial charge on any atom is 0.232 e. The molecule has 0 bridgehead atoms. The molecule has 7 heteroatoms. The zero-order valence-electron chi connectivity index (χ0n) is 16.4. The van der Waals surface area contributed by atoms with Crippen LogP contribution in [-0.4, -0.2) is 24.7 Å². The van der Waals surface area contributed by atoms with Crippen molar-refractivity contribution in [3.8, 4) is 5.75 Å². The Morgan fingerprint density at radius 1 is 1.10 bits per heavy atom. The number of nitrogens with one attached hydrogen (secondary N) is 2. The highest BCUT2D eigenvalue weighted by Gasteiger charge is 2.40. The molecule has 154 valence electrons. The van der Waals surface area contributed by atoms with Gasteiger partial charge in [-0.25, -0.2) is 0 Å². The van der Waals surface area contributed by atoms with Crippen molar-refractivity contribution in [2.45, 2.75) is 25.2 Å². The summed E-state index contributed by atoms with van der Waals surface area (Å²) in [4.78, 5) is 38.4. The van der Waals surface area contributed by atoms with Crippen molar-refractivity contribution in [2.24, 2.45) is 5.92 Å². The number of anilines is 1. The third-order valence-corrected chi connectivity index (χ3v) is 5.78. The minimum atomic E-state index is -0.846. The molecule has 2 aliphatic rings. The van der Waals surface area contributed by atoms with Crippen molar-refractivity contribution < 1.29 is 19.1 Å². The number of methoxy groups -OCH3 is 1. The maximum atomic E-state index is 13.1. The van der Waals surface area contributed by atoms with Gasteiger partial charge < -0.3 is 15.4 Å². The number of ether oxygens (including phenoxy) is 1. The van der Waals surface area contributed by atoms with Gasteiger partial charge in [-0.1, -0.05) is 41.9 Å². The molecule has 1 aliphatic carbocycles. The van der Waals surface area contributed by atoms with Gasteiger partial charge in [0.15, 0.2) is 5.78 Å². The van der Waals surface area contributed by atoms with E-state index in [0.29, 0.717) is 40.6 Å². The number of benzene rings is 2. The second-order valence-electron chi connectivity index (χ2n) is 7.47. The van der Waals surface area contributed by atoms with Crippen LogP contribution in [0.3, 0.4) is 0 Å². The predicted octanol–water partition coefficient (Wildman–Crippen LogP) is 3.82. The van der Waals surface area contributed by atoms with Crippen LogP contribution in [0.15, 0.2) is 59.8 Å². The second-order valence-corrected chi connectivity index (χ2v) is 7.91. The van der Waals surface area contributed by atoms with E-state index in [-0.39, 0.29) is 24.0 Å². The molecule has 0 spiro atoms. The van der Waals surface area contributed by atoms with Crippen LogP contribution in [0.4, 0.5) is 5.69 Å². The molecule has 0 fully saturated rings. The Morgan fingerprint density at radius 2 is 1.87 bits per heavy atom. The first-order chi connectivity index (χ1) is 14.5. The third kappa shape index (κ3) is 3.96. The van der Waals surface area contributed by atoms with Crippen LogP contribution in [-0.2, 0) is 14.4 Å². The Morgan fingerprint density at radius 3 is 2.60 bits per heavy atom. The van der Waals surface area contributed by atoms with Crippen molar-refractivity contribution in [1.82, 2.24) is 5.32 Å². The van der Waals surface area contributed by atoms with Crippen LogP contribution in [0.25, 0.3) is 0 Å². The SMILES string of the molecule is COc1ccc(Cl)cc1NC(=O)[C@@H]1CC(=O)NC2=C1C(=O)C[C@@H](c1ccccc1)C2. The molecule has 2 N–H and O–H groups in total. The van der Waals surface area contributed by atoms with E-state index < -0.39 is 11.8 Å².